The van der Waals surface area contributed by atoms with Gasteiger partial charge in [0, 0.05) is 6.42 Å². The van der Waals surface area contributed by atoms with Crippen LogP contribution in [0, 0.1) is 5.41 Å². The second-order valence-corrected chi connectivity index (χ2v) is 5.66. The Bertz CT molecular complexity index is 500. The molecule has 0 bridgehead atoms. The number of rotatable bonds is 2. The lowest BCUT2D eigenvalue weighted by Crippen LogP contribution is -2.59. The van der Waals surface area contributed by atoms with Gasteiger partial charge >= 0.3 is 5.97 Å². The highest BCUT2D eigenvalue weighted by molar-refractivity contribution is 5.78. The number of ether oxygens (including phenoxy) is 3. The maximum atomic E-state index is 12.4. The SMILES string of the molecule is CCOC(=O)C1(C)CCCCC12Oc1ccccc1O2. The molecular formula is C16H20O4. The quantitative estimate of drug-likeness (QED) is 0.777. The Morgan fingerprint density at radius 1 is 1.20 bits per heavy atom. The number of carbonyl (C=O) groups is 1. The van der Waals surface area contributed by atoms with Gasteiger partial charge in [0.15, 0.2) is 11.5 Å². The van der Waals surface area contributed by atoms with Crippen LogP contribution in [-0.4, -0.2) is 18.4 Å². The van der Waals surface area contributed by atoms with Gasteiger partial charge in [-0.3, -0.25) is 4.79 Å². The summed E-state index contributed by atoms with van der Waals surface area (Å²) in [5.74, 6) is 0.281. The molecule has 4 nitrogen and oxygen atoms in total. The number of hydrogen-bond donors (Lipinski definition) is 0. The number of para-hydroxylation sites is 2. The molecule has 0 saturated heterocycles. The van der Waals surface area contributed by atoms with Crippen LogP contribution in [0.15, 0.2) is 24.3 Å². The van der Waals surface area contributed by atoms with E-state index in [4.69, 9.17) is 14.2 Å². The third-order valence-electron chi connectivity index (χ3n) is 4.40. The van der Waals surface area contributed by atoms with Gasteiger partial charge in [-0.25, -0.2) is 0 Å². The molecule has 0 aromatic heterocycles. The predicted octanol–water partition coefficient (Wildman–Crippen LogP) is 3.30. The highest BCUT2D eigenvalue weighted by Gasteiger charge is 2.62. The maximum absolute atomic E-state index is 12.4. The fraction of sp³-hybridized carbons (Fsp3) is 0.562. The van der Waals surface area contributed by atoms with Gasteiger partial charge in [-0.15, -0.1) is 0 Å². The third-order valence-corrected chi connectivity index (χ3v) is 4.40. The Morgan fingerprint density at radius 3 is 2.40 bits per heavy atom. The Morgan fingerprint density at radius 2 is 1.80 bits per heavy atom. The molecule has 108 valence electrons. The van der Waals surface area contributed by atoms with E-state index in [0.29, 0.717) is 24.5 Å². The summed E-state index contributed by atoms with van der Waals surface area (Å²) in [6, 6.07) is 7.58. The first-order chi connectivity index (χ1) is 9.61. The lowest BCUT2D eigenvalue weighted by Gasteiger charge is -2.44. The van der Waals surface area contributed by atoms with Crippen LogP contribution in [0.25, 0.3) is 0 Å². The Kier molecular flexibility index (Phi) is 3.11. The number of benzene rings is 1. The van der Waals surface area contributed by atoms with Gasteiger partial charge in [-0.2, -0.15) is 0 Å². The van der Waals surface area contributed by atoms with E-state index >= 15 is 0 Å². The molecule has 1 aromatic carbocycles. The molecule has 1 fully saturated rings. The topological polar surface area (TPSA) is 44.8 Å². The molecule has 0 N–H and O–H groups in total. The fourth-order valence-corrected chi connectivity index (χ4v) is 3.17. The lowest BCUT2D eigenvalue weighted by atomic mass is 9.70. The molecule has 3 rings (SSSR count). The Labute approximate surface area is 119 Å². The summed E-state index contributed by atoms with van der Waals surface area (Å²) in [6.07, 6.45) is 3.40. The zero-order valence-corrected chi connectivity index (χ0v) is 12.0. The molecule has 1 atom stereocenters. The molecule has 1 heterocycles. The average molecular weight is 276 g/mol. The number of esters is 1. The molecule has 1 aromatic rings. The maximum Gasteiger partial charge on any atom is 0.319 e. The minimum absolute atomic E-state index is 0.229. The summed E-state index contributed by atoms with van der Waals surface area (Å²) in [6.45, 7) is 4.09. The first-order valence-electron chi connectivity index (χ1n) is 7.25. The van der Waals surface area contributed by atoms with Crippen LogP contribution < -0.4 is 9.47 Å². The highest BCUT2D eigenvalue weighted by Crippen LogP contribution is 2.54. The normalized spacial score (nSPS) is 26.5. The highest BCUT2D eigenvalue weighted by atomic mass is 16.7. The molecule has 1 spiro atoms. The summed E-state index contributed by atoms with van der Waals surface area (Å²) in [4.78, 5) is 12.4. The molecule has 1 aliphatic heterocycles. The molecule has 4 heteroatoms. The largest absolute Gasteiger partial charge is 0.465 e. The molecule has 1 unspecified atom stereocenters. The minimum Gasteiger partial charge on any atom is -0.465 e. The summed E-state index contributed by atoms with van der Waals surface area (Å²) in [7, 11) is 0. The van der Waals surface area contributed by atoms with Gasteiger partial charge in [0.25, 0.3) is 5.79 Å². The number of carbonyl (C=O) groups excluding carboxylic acids is 1. The average Bonchev–Trinajstić information content (AvgIpc) is 2.82. The summed E-state index contributed by atoms with van der Waals surface area (Å²) in [5.41, 5.74) is -0.764. The van der Waals surface area contributed by atoms with Gasteiger partial charge in [0.1, 0.15) is 5.41 Å². The van der Waals surface area contributed by atoms with Crippen molar-refractivity contribution in [2.24, 2.45) is 5.41 Å². The van der Waals surface area contributed by atoms with Crippen molar-refractivity contribution in [3.05, 3.63) is 24.3 Å². The van der Waals surface area contributed by atoms with Crippen LogP contribution in [0.3, 0.4) is 0 Å². The van der Waals surface area contributed by atoms with Gasteiger partial charge in [0.05, 0.1) is 6.61 Å². The van der Waals surface area contributed by atoms with E-state index in [-0.39, 0.29) is 5.97 Å². The second kappa shape index (κ2) is 4.69. The van der Waals surface area contributed by atoms with Crippen molar-refractivity contribution in [2.45, 2.75) is 45.3 Å². The van der Waals surface area contributed by atoms with Crippen LogP contribution in [0.2, 0.25) is 0 Å². The third kappa shape index (κ3) is 1.78. The Balaban J connectivity index is 1.97. The van der Waals surface area contributed by atoms with Gasteiger partial charge in [-0.05, 0) is 38.8 Å². The summed E-state index contributed by atoms with van der Waals surface area (Å²) in [5, 5.41) is 0. The van der Waals surface area contributed by atoms with E-state index < -0.39 is 11.2 Å². The van der Waals surface area contributed by atoms with E-state index in [1.165, 1.54) is 0 Å². The van der Waals surface area contributed by atoms with Crippen LogP contribution in [-0.2, 0) is 9.53 Å². The van der Waals surface area contributed by atoms with Crippen molar-refractivity contribution in [3.63, 3.8) is 0 Å². The molecule has 2 aliphatic rings. The monoisotopic (exact) mass is 276 g/mol. The summed E-state index contributed by atoms with van der Waals surface area (Å²) >= 11 is 0. The van der Waals surface area contributed by atoms with E-state index in [1.54, 1.807) is 0 Å². The van der Waals surface area contributed by atoms with Crippen LogP contribution in [0.1, 0.15) is 39.5 Å². The van der Waals surface area contributed by atoms with Gasteiger partial charge in [0.2, 0.25) is 0 Å². The van der Waals surface area contributed by atoms with E-state index in [1.807, 2.05) is 38.1 Å². The smallest absolute Gasteiger partial charge is 0.319 e. The van der Waals surface area contributed by atoms with Gasteiger partial charge < -0.3 is 14.2 Å². The molecular weight excluding hydrogens is 256 g/mol. The molecule has 1 aliphatic carbocycles. The van der Waals surface area contributed by atoms with Crippen molar-refractivity contribution >= 4 is 5.97 Å². The molecule has 0 radical (unpaired) electrons. The van der Waals surface area contributed by atoms with Crippen LogP contribution in [0.5, 0.6) is 11.5 Å². The van der Waals surface area contributed by atoms with E-state index in [0.717, 1.165) is 19.3 Å². The van der Waals surface area contributed by atoms with Crippen molar-refractivity contribution in [1.82, 2.24) is 0 Å². The molecule has 1 saturated carbocycles. The van der Waals surface area contributed by atoms with Crippen molar-refractivity contribution in [2.75, 3.05) is 6.61 Å². The van der Waals surface area contributed by atoms with Crippen LogP contribution in [0.4, 0.5) is 0 Å². The summed E-state index contributed by atoms with van der Waals surface area (Å²) < 4.78 is 17.5. The van der Waals surface area contributed by atoms with E-state index in [2.05, 4.69) is 0 Å². The van der Waals surface area contributed by atoms with Crippen LogP contribution >= 0.6 is 0 Å². The first-order valence-corrected chi connectivity index (χ1v) is 7.25. The van der Waals surface area contributed by atoms with Gasteiger partial charge in [-0.1, -0.05) is 18.6 Å². The minimum atomic E-state index is -0.915. The molecule has 0 amide bonds. The lowest BCUT2D eigenvalue weighted by molar-refractivity contribution is -0.214. The molecule has 20 heavy (non-hydrogen) atoms. The van der Waals surface area contributed by atoms with Crippen molar-refractivity contribution < 1.29 is 19.0 Å². The Hall–Kier alpha value is -1.71. The standard InChI is InChI=1S/C16H20O4/c1-3-18-14(17)15(2)10-6-7-11-16(15)19-12-8-4-5-9-13(12)20-16/h4-5,8-9H,3,6-7,10-11H2,1-2H3. The number of fused-ring (bicyclic) bond motifs is 1. The number of hydrogen-bond acceptors (Lipinski definition) is 4. The zero-order chi connectivity index (χ0) is 14.2. The first kappa shape index (κ1) is 13.3. The second-order valence-electron chi connectivity index (χ2n) is 5.66. The van der Waals surface area contributed by atoms with Crippen molar-refractivity contribution in [3.8, 4) is 11.5 Å². The fourth-order valence-electron chi connectivity index (χ4n) is 3.17. The predicted molar refractivity (Wildman–Crippen MR) is 73.6 cm³/mol. The zero-order valence-electron chi connectivity index (χ0n) is 12.0. The van der Waals surface area contributed by atoms with Crippen molar-refractivity contribution in [1.29, 1.82) is 0 Å². The van der Waals surface area contributed by atoms with E-state index in [9.17, 15) is 4.79 Å².